The average Bonchev–Trinajstić information content (AvgIpc) is 2.51. The van der Waals surface area contributed by atoms with Crippen LogP contribution >= 0.6 is 0 Å². The molecule has 2 atom stereocenters. The number of hydrogen-bond acceptors (Lipinski definition) is 6. The van der Waals surface area contributed by atoms with E-state index in [4.69, 9.17) is 0 Å². The molecule has 1 aromatic rings. The smallest absolute Gasteiger partial charge is 0.420 e. The van der Waals surface area contributed by atoms with Crippen molar-refractivity contribution in [2.24, 2.45) is 0 Å². The highest BCUT2D eigenvalue weighted by Gasteiger charge is 2.37. The number of carbonyl (C=O) groups is 2. The number of ether oxygens (including phenoxy) is 1. The van der Waals surface area contributed by atoms with E-state index in [0.717, 1.165) is 7.05 Å². The van der Waals surface area contributed by atoms with Gasteiger partial charge in [-0.05, 0) is 12.1 Å². The number of aromatic hydroxyl groups is 1. The van der Waals surface area contributed by atoms with E-state index in [1.807, 2.05) is 5.32 Å². The summed E-state index contributed by atoms with van der Waals surface area (Å²) in [6.45, 7) is -0.981. The minimum atomic E-state index is -5.11. The largest absolute Gasteiger partial charge is 0.506 e. The molecule has 0 spiro atoms. The number of nitrogens with one attached hydrogen (secondary N) is 1. The van der Waals surface area contributed by atoms with Crippen molar-refractivity contribution in [1.29, 1.82) is 0 Å². The second-order valence-corrected chi connectivity index (χ2v) is 4.57. The number of halogens is 4. The molecule has 7 nitrogen and oxygen atoms in total. The maximum Gasteiger partial charge on any atom is 0.420 e. The van der Waals surface area contributed by atoms with Gasteiger partial charge in [-0.3, -0.25) is 4.79 Å². The molecule has 134 valence electrons. The van der Waals surface area contributed by atoms with Crippen molar-refractivity contribution < 1.29 is 47.2 Å². The first-order valence-corrected chi connectivity index (χ1v) is 6.33. The van der Waals surface area contributed by atoms with Gasteiger partial charge in [-0.2, -0.15) is 13.2 Å². The van der Waals surface area contributed by atoms with Crippen LogP contribution in [-0.2, 0) is 15.7 Å². The van der Waals surface area contributed by atoms with Gasteiger partial charge in [-0.15, -0.1) is 0 Å². The first kappa shape index (κ1) is 19.6. The molecule has 11 heteroatoms. The van der Waals surface area contributed by atoms with E-state index in [2.05, 4.69) is 4.74 Å². The molecule has 0 bridgehead atoms. The molecule has 0 aromatic heterocycles. The molecule has 0 heterocycles. The Hall–Kier alpha value is -2.40. The van der Waals surface area contributed by atoms with Crippen LogP contribution in [0.5, 0.6) is 5.75 Å². The maximum absolute atomic E-state index is 13.2. The monoisotopic (exact) mass is 355 g/mol. The van der Waals surface area contributed by atoms with Gasteiger partial charge in [-0.1, -0.05) is 0 Å². The molecule has 4 N–H and O–H groups in total. The van der Waals surface area contributed by atoms with Gasteiger partial charge in [0, 0.05) is 7.05 Å². The summed E-state index contributed by atoms with van der Waals surface area (Å²) < 4.78 is 55.5. The number of aliphatic hydroxyl groups is 2. The van der Waals surface area contributed by atoms with Gasteiger partial charge < -0.3 is 25.4 Å². The van der Waals surface area contributed by atoms with Crippen LogP contribution in [0.25, 0.3) is 0 Å². The molecular formula is C13H13F4NO6. The Bertz CT molecular complexity index is 634. The number of alkyl halides is 3. The summed E-state index contributed by atoms with van der Waals surface area (Å²) in [5.41, 5.74) is -2.90. The molecular weight excluding hydrogens is 342 g/mol. The minimum Gasteiger partial charge on any atom is -0.506 e. The quantitative estimate of drug-likeness (QED) is 0.442. The normalized spacial score (nSPS) is 14.0. The Balaban J connectivity index is 2.93. The van der Waals surface area contributed by atoms with Crippen molar-refractivity contribution in [1.82, 2.24) is 5.32 Å². The predicted octanol–water partition coefficient (Wildman–Crippen LogP) is 0.175. The van der Waals surface area contributed by atoms with Gasteiger partial charge in [0.15, 0.2) is 6.10 Å². The Morgan fingerprint density at radius 1 is 1.29 bits per heavy atom. The molecule has 0 radical (unpaired) electrons. The molecule has 24 heavy (non-hydrogen) atoms. The summed E-state index contributed by atoms with van der Waals surface area (Å²) in [5, 5.41) is 30.2. The number of amides is 1. The van der Waals surface area contributed by atoms with E-state index in [-0.39, 0.29) is 6.07 Å². The second-order valence-electron chi connectivity index (χ2n) is 4.57. The zero-order valence-electron chi connectivity index (χ0n) is 12.1. The Morgan fingerprint density at radius 3 is 2.38 bits per heavy atom. The van der Waals surface area contributed by atoms with Crippen molar-refractivity contribution in [3.05, 3.63) is 29.1 Å². The van der Waals surface area contributed by atoms with Crippen molar-refractivity contribution in [3.8, 4) is 5.75 Å². The third-order valence-corrected chi connectivity index (χ3v) is 2.86. The number of benzene rings is 1. The number of likely N-dealkylation sites (N-methyl/N-ethyl adjacent to an activating group) is 1. The van der Waals surface area contributed by atoms with Crippen molar-refractivity contribution in [2.75, 3.05) is 13.7 Å². The van der Waals surface area contributed by atoms with Crippen LogP contribution in [0.3, 0.4) is 0 Å². The van der Waals surface area contributed by atoms with Crippen LogP contribution in [0, 0.1) is 5.82 Å². The third kappa shape index (κ3) is 4.55. The first-order chi connectivity index (χ1) is 11.0. The van der Waals surface area contributed by atoms with E-state index in [0.29, 0.717) is 6.07 Å². The summed E-state index contributed by atoms with van der Waals surface area (Å²) in [7, 11) is 1.16. The molecule has 0 aliphatic carbocycles. The molecule has 1 amide bonds. The lowest BCUT2D eigenvalue weighted by molar-refractivity contribution is -0.139. The van der Waals surface area contributed by atoms with Crippen molar-refractivity contribution >= 4 is 11.9 Å². The fraction of sp³-hybridized carbons (Fsp3) is 0.385. The van der Waals surface area contributed by atoms with Gasteiger partial charge in [-0.25, -0.2) is 9.18 Å². The first-order valence-electron chi connectivity index (χ1n) is 6.33. The summed E-state index contributed by atoms with van der Waals surface area (Å²) in [5.74, 6) is -5.57. The maximum atomic E-state index is 13.2. The minimum absolute atomic E-state index is 0.00367. The predicted molar refractivity (Wildman–Crippen MR) is 69.4 cm³/mol. The summed E-state index contributed by atoms with van der Waals surface area (Å²) in [6, 6.07) is 0.310. The van der Waals surface area contributed by atoms with E-state index in [1.165, 1.54) is 0 Å². The van der Waals surface area contributed by atoms with Gasteiger partial charge in [0.1, 0.15) is 35.4 Å². The van der Waals surface area contributed by atoms with E-state index in [1.54, 1.807) is 0 Å². The molecule has 1 rings (SSSR count). The van der Waals surface area contributed by atoms with Crippen LogP contribution in [0.1, 0.15) is 15.9 Å². The molecule has 0 aliphatic rings. The van der Waals surface area contributed by atoms with E-state index in [9.17, 15) is 42.5 Å². The topological polar surface area (TPSA) is 116 Å². The van der Waals surface area contributed by atoms with Gasteiger partial charge in [0.2, 0.25) is 0 Å². The molecule has 1 aromatic carbocycles. The fourth-order valence-electron chi connectivity index (χ4n) is 1.62. The van der Waals surface area contributed by atoms with Crippen LogP contribution in [0.4, 0.5) is 17.6 Å². The number of rotatable bonds is 5. The number of esters is 1. The van der Waals surface area contributed by atoms with E-state index < -0.39 is 59.6 Å². The van der Waals surface area contributed by atoms with Gasteiger partial charge in [0.25, 0.3) is 5.91 Å². The fourth-order valence-corrected chi connectivity index (χ4v) is 1.62. The van der Waals surface area contributed by atoms with E-state index >= 15 is 0 Å². The number of phenolic OH excluding ortho intramolecular Hbond substituents is 1. The Kier molecular flexibility index (Phi) is 6.10. The molecule has 0 aliphatic heterocycles. The molecule has 0 fully saturated rings. The lowest BCUT2D eigenvalue weighted by atomic mass is 10.1. The highest BCUT2D eigenvalue weighted by molar-refractivity contribution is 5.93. The summed E-state index contributed by atoms with van der Waals surface area (Å²) in [6.07, 6.45) is -8.96. The van der Waals surface area contributed by atoms with Crippen LogP contribution < -0.4 is 5.32 Å². The zero-order chi connectivity index (χ0) is 18.7. The number of phenols is 1. The average molecular weight is 355 g/mol. The van der Waals surface area contributed by atoms with Crippen LogP contribution in [-0.4, -0.2) is 53.1 Å². The number of aliphatic hydroxyl groups excluding tert-OH is 2. The Morgan fingerprint density at radius 2 is 1.88 bits per heavy atom. The molecule has 0 saturated carbocycles. The Labute approximate surface area is 132 Å². The van der Waals surface area contributed by atoms with Gasteiger partial charge in [0.05, 0.1) is 0 Å². The molecule has 2 unspecified atom stereocenters. The second kappa shape index (κ2) is 7.45. The highest BCUT2D eigenvalue weighted by atomic mass is 19.4. The summed E-state index contributed by atoms with van der Waals surface area (Å²) >= 11 is 0. The van der Waals surface area contributed by atoms with Crippen LogP contribution in [0.2, 0.25) is 0 Å². The molecule has 0 saturated heterocycles. The van der Waals surface area contributed by atoms with Crippen molar-refractivity contribution in [2.45, 2.75) is 18.4 Å². The number of carbonyl (C=O) groups excluding carboxylic acids is 2. The standard InChI is InChI=1S/C13H13F4NO6/c1-18-11(22)10(21)8(19)4-24-12(23)6-2-5(14)3-7(9(6)20)13(15,16)17/h2-3,8,10,19-21H,4H2,1H3,(H,18,22). The van der Waals surface area contributed by atoms with Crippen molar-refractivity contribution in [3.63, 3.8) is 0 Å². The SMILES string of the molecule is CNC(=O)C(O)C(O)COC(=O)c1cc(F)cc(C(F)(F)F)c1O. The summed E-state index contributed by atoms with van der Waals surface area (Å²) in [4.78, 5) is 22.7. The third-order valence-electron chi connectivity index (χ3n) is 2.86. The van der Waals surface area contributed by atoms with Crippen LogP contribution in [0.15, 0.2) is 12.1 Å². The number of hydrogen-bond donors (Lipinski definition) is 4. The van der Waals surface area contributed by atoms with Gasteiger partial charge >= 0.3 is 12.1 Å². The lowest BCUT2D eigenvalue weighted by Crippen LogP contribution is -2.43. The highest BCUT2D eigenvalue weighted by Crippen LogP contribution is 2.38. The zero-order valence-corrected chi connectivity index (χ0v) is 12.1. The lowest BCUT2D eigenvalue weighted by Gasteiger charge is -2.17.